The fraction of sp³-hybridized carbons (Fsp3) is 0.250. The van der Waals surface area contributed by atoms with E-state index >= 15 is 0 Å². The molecule has 1 atom stereocenters. The summed E-state index contributed by atoms with van der Waals surface area (Å²) in [5.74, 6) is -0.782. The quantitative estimate of drug-likeness (QED) is 0.654. The molecular formula is C20H18N2O7. The fourth-order valence-electron chi connectivity index (χ4n) is 2.95. The number of carbonyl (C=O) groups excluding carboxylic acids is 2. The van der Waals surface area contributed by atoms with Gasteiger partial charge in [-0.25, -0.2) is 4.79 Å². The lowest BCUT2D eigenvalue weighted by Gasteiger charge is -2.19. The summed E-state index contributed by atoms with van der Waals surface area (Å²) in [6.07, 6.45) is -1.07. The number of oxazole rings is 1. The third kappa shape index (κ3) is 3.93. The van der Waals surface area contributed by atoms with Gasteiger partial charge in [-0.3, -0.25) is 14.2 Å². The van der Waals surface area contributed by atoms with E-state index in [4.69, 9.17) is 18.6 Å². The highest BCUT2D eigenvalue weighted by Crippen LogP contribution is 2.32. The SMILES string of the molecule is C[C@H](OC(=O)Cn1c(=O)oc2ccccc21)C(=O)Nc1ccc2c(c1)OCCO2. The van der Waals surface area contributed by atoms with Crippen molar-refractivity contribution in [3.63, 3.8) is 0 Å². The third-order valence-corrected chi connectivity index (χ3v) is 4.35. The molecule has 1 N–H and O–H groups in total. The minimum atomic E-state index is -1.07. The minimum absolute atomic E-state index is 0.364. The van der Waals surface area contributed by atoms with Gasteiger partial charge >= 0.3 is 11.7 Å². The maximum Gasteiger partial charge on any atom is 0.420 e. The van der Waals surface area contributed by atoms with E-state index in [1.807, 2.05) is 0 Å². The molecule has 0 bridgehead atoms. The fourth-order valence-corrected chi connectivity index (χ4v) is 2.95. The predicted octanol–water partition coefficient (Wildman–Crippen LogP) is 1.94. The summed E-state index contributed by atoms with van der Waals surface area (Å²) in [6, 6.07) is 11.7. The lowest BCUT2D eigenvalue weighted by atomic mass is 10.2. The molecule has 29 heavy (non-hydrogen) atoms. The van der Waals surface area contributed by atoms with Crippen LogP contribution in [0, 0.1) is 0 Å². The Labute approximate surface area is 164 Å². The molecule has 0 spiro atoms. The number of aromatic nitrogens is 1. The van der Waals surface area contributed by atoms with Gasteiger partial charge in [0.2, 0.25) is 0 Å². The number of benzene rings is 2. The maximum absolute atomic E-state index is 12.4. The van der Waals surface area contributed by atoms with Crippen LogP contribution in [0.15, 0.2) is 51.7 Å². The molecule has 0 radical (unpaired) electrons. The number of ether oxygens (including phenoxy) is 3. The van der Waals surface area contributed by atoms with Crippen LogP contribution >= 0.6 is 0 Å². The monoisotopic (exact) mass is 398 g/mol. The Kier molecular flexibility index (Phi) is 4.94. The van der Waals surface area contributed by atoms with Gasteiger partial charge < -0.3 is 23.9 Å². The summed E-state index contributed by atoms with van der Waals surface area (Å²) >= 11 is 0. The first-order valence-electron chi connectivity index (χ1n) is 8.99. The van der Waals surface area contributed by atoms with Crippen molar-refractivity contribution in [2.75, 3.05) is 18.5 Å². The number of para-hydroxylation sites is 2. The Bertz CT molecular complexity index is 1130. The van der Waals surface area contributed by atoms with E-state index in [-0.39, 0.29) is 6.54 Å². The van der Waals surface area contributed by atoms with Crippen LogP contribution in [-0.2, 0) is 20.9 Å². The Morgan fingerprint density at radius 3 is 2.72 bits per heavy atom. The van der Waals surface area contributed by atoms with Gasteiger partial charge in [0.25, 0.3) is 5.91 Å². The second kappa shape index (κ2) is 7.70. The van der Waals surface area contributed by atoms with Crippen molar-refractivity contribution >= 4 is 28.7 Å². The summed E-state index contributed by atoms with van der Waals surface area (Å²) in [6.45, 7) is 1.99. The van der Waals surface area contributed by atoms with Crippen LogP contribution in [0.2, 0.25) is 0 Å². The number of esters is 1. The van der Waals surface area contributed by atoms with Gasteiger partial charge in [0.15, 0.2) is 23.2 Å². The van der Waals surface area contributed by atoms with E-state index in [2.05, 4.69) is 5.32 Å². The first kappa shape index (κ1) is 18.6. The van der Waals surface area contributed by atoms with Crippen molar-refractivity contribution in [1.29, 1.82) is 0 Å². The Hall–Kier alpha value is -3.75. The summed E-state index contributed by atoms with van der Waals surface area (Å²) < 4.78 is 22.3. The highest BCUT2D eigenvalue weighted by atomic mass is 16.6. The van der Waals surface area contributed by atoms with Crippen LogP contribution in [-0.4, -0.2) is 35.8 Å². The molecule has 9 heteroatoms. The van der Waals surface area contributed by atoms with Crippen LogP contribution in [0.5, 0.6) is 11.5 Å². The molecule has 1 amide bonds. The highest BCUT2D eigenvalue weighted by molar-refractivity contribution is 5.95. The van der Waals surface area contributed by atoms with Crippen molar-refractivity contribution in [2.45, 2.75) is 19.6 Å². The number of amides is 1. The van der Waals surface area contributed by atoms with Crippen molar-refractivity contribution in [3.05, 3.63) is 53.0 Å². The number of fused-ring (bicyclic) bond motifs is 2. The molecule has 150 valence electrons. The Morgan fingerprint density at radius 1 is 1.14 bits per heavy atom. The summed E-state index contributed by atoms with van der Waals surface area (Å²) in [4.78, 5) is 36.5. The second-order valence-electron chi connectivity index (χ2n) is 6.40. The molecule has 1 aliphatic rings. The molecule has 2 heterocycles. The Balaban J connectivity index is 1.39. The number of anilines is 1. The zero-order chi connectivity index (χ0) is 20.4. The van der Waals surface area contributed by atoms with E-state index in [0.717, 1.165) is 4.57 Å². The maximum atomic E-state index is 12.4. The van der Waals surface area contributed by atoms with Gasteiger partial charge in [0.05, 0.1) is 5.52 Å². The second-order valence-corrected chi connectivity index (χ2v) is 6.40. The lowest BCUT2D eigenvalue weighted by molar-refractivity contribution is -0.153. The molecule has 9 nitrogen and oxygen atoms in total. The average molecular weight is 398 g/mol. The molecule has 0 saturated carbocycles. The van der Waals surface area contributed by atoms with Gasteiger partial charge in [-0.2, -0.15) is 0 Å². The van der Waals surface area contributed by atoms with E-state index in [1.54, 1.807) is 42.5 Å². The Morgan fingerprint density at radius 2 is 1.90 bits per heavy atom. The van der Waals surface area contributed by atoms with Crippen molar-refractivity contribution in [1.82, 2.24) is 4.57 Å². The lowest BCUT2D eigenvalue weighted by Crippen LogP contribution is -2.32. The topological polar surface area (TPSA) is 109 Å². The third-order valence-electron chi connectivity index (χ3n) is 4.35. The molecule has 0 fully saturated rings. The smallest absolute Gasteiger partial charge is 0.420 e. The zero-order valence-electron chi connectivity index (χ0n) is 15.5. The number of hydrogen-bond donors (Lipinski definition) is 1. The van der Waals surface area contributed by atoms with E-state index in [9.17, 15) is 14.4 Å². The number of rotatable bonds is 5. The van der Waals surface area contributed by atoms with Gasteiger partial charge in [-0.1, -0.05) is 12.1 Å². The molecule has 4 rings (SSSR count). The largest absolute Gasteiger partial charge is 0.486 e. The molecule has 0 unspecified atom stereocenters. The predicted molar refractivity (Wildman–Crippen MR) is 102 cm³/mol. The molecule has 0 aliphatic carbocycles. The molecular weight excluding hydrogens is 380 g/mol. The molecule has 1 aliphatic heterocycles. The van der Waals surface area contributed by atoms with Crippen molar-refractivity contribution < 1.29 is 28.2 Å². The highest BCUT2D eigenvalue weighted by Gasteiger charge is 2.21. The van der Waals surface area contributed by atoms with Crippen LogP contribution in [0.3, 0.4) is 0 Å². The van der Waals surface area contributed by atoms with E-state index in [1.165, 1.54) is 6.92 Å². The first-order chi connectivity index (χ1) is 14.0. The van der Waals surface area contributed by atoms with Gasteiger partial charge in [-0.05, 0) is 31.2 Å². The van der Waals surface area contributed by atoms with E-state index in [0.29, 0.717) is 41.5 Å². The van der Waals surface area contributed by atoms with Crippen molar-refractivity contribution in [3.8, 4) is 11.5 Å². The molecule has 3 aromatic rings. The first-order valence-corrected chi connectivity index (χ1v) is 8.99. The van der Waals surface area contributed by atoms with E-state index < -0.39 is 23.7 Å². The number of nitrogens with one attached hydrogen (secondary N) is 1. The molecule has 1 aromatic heterocycles. The minimum Gasteiger partial charge on any atom is -0.486 e. The number of hydrogen-bond acceptors (Lipinski definition) is 7. The number of nitrogens with zero attached hydrogens (tertiary/aromatic N) is 1. The van der Waals surface area contributed by atoms with Crippen molar-refractivity contribution in [2.24, 2.45) is 0 Å². The number of carbonyl (C=O) groups is 2. The molecule has 0 saturated heterocycles. The van der Waals surface area contributed by atoms with Gasteiger partial charge in [-0.15, -0.1) is 0 Å². The normalized spacial score (nSPS) is 13.7. The van der Waals surface area contributed by atoms with Gasteiger partial charge in [0.1, 0.15) is 19.8 Å². The zero-order valence-corrected chi connectivity index (χ0v) is 15.5. The summed E-state index contributed by atoms with van der Waals surface area (Å²) in [7, 11) is 0. The summed E-state index contributed by atoms with van der Waals surface area (Å²) in [5.41, 5.74) is 1.33. The standard InChI is InChI=1S/C20H18N2O7/c1-12(19(24)21-13-6-7-16-17(10-13)27-9-8-26-16)28-18(23)11-22-14-4-2-3-5-15(14)29-20(22)25/h2-7,10,12H,8-9,11H2,1H3,(H,21,24)/t12-/m0/s1. The van der Waals surface area contributed by atoms with Crippen LogP contribution in [0.25, 0.3) is 11.1 Å². The van der Waals surface area contributed by atoms with Crippen LogP contribution in [0.4, 0.5) is 5.69 Å². The summed E-state index contributed by atoms with van der Waals surface area (Å²) in [5, 5.41) is 2.66. The van der Waals surface area contributed by atoms with Crippen LogP contribution < -0.4 is 20.5 Å². The van der Waals surface area contributed by atoms with Crippen LogP contribution in [0.1, 0.15) is 6.92 Å². The average Bonchev–Trinajstić information content (AvgIpc) is 3.03. The van der Waals surface area contributed by atoms with Gasteiger partial charge in [0, 0.05) is 11.8 Å². The molecule has 2 aromatic carbocycles.